The summed E-state index contributed by atoms with van der Waals surface area (Å²) < 4.78 is 40.7. The van der Waals surface area contributed by atoms with Gasteiger partial charge in [-0.15, -0.1) is 0 Å². The van der Waals surface area contributed by atoms with Gasteiger partial charge in [-0.2, -0.15) is 0 Å². The molecule has 91 valence electrons. The molecule has 0 aliphatic heterocycles. The van der Waals surface area contributed by atoms with Gasteiger partial charge in [-0.25, -0.2) is 4.57 Å². The molecule has 14 heteroatoms. The van der Waals surface area contributed by atoms with Gasteiger partial charge in [0.25, 0.3) is 0 Å². The van der Waals surface area contributed by atoms with Crippen LogP contribution in [0.5, 0.6) is 0 Å². The van der Waals surface area contributed by atoms with Gasteiger partial charge in [0.1, 0.15) is 0 Å². The zero-order valence-corrected chi connectivity index (χ0v) is 11.8. The molecule has 0 rings (SSSR count). The Morgan fingerprint density at radius 2 is 1.07 bits per heavy atom. The van der Waals surface area contributed by atoms with Crippen LogP contribution in [0.3, 0.4) is 0 Å². The Labute approximate surface area is 127 Å². The summed E-state index contributed by atoms with van der Waals surface area (Å²) in [5.74, 6) is 0. The molecule has 0 aromatic heterocycles. The summed E-state index contributed by atoms with van der Waals surface area (Å²) in [7, 11) is -4.64. The SMILES string of the molecule is O=P(O)(O)O.[Co].[Fe].[H-].[Li+].[Mn].[O]=[Mn](=[O])([OH])[OH]. The Morgan fingerprint density at radius 1 is 1.07 bits per heavy atom. The van der Waals surface area contributed by atoms with Crippen molar-refractivity contribution in [3.05, 3.63) is 0 Å². The van der Waals surface area contributed by atoms with E-state index in [9.17, 15) is 0 Å². The molecule has 2 radical (unpaired) electrons. The normalized spacial score (nSPS) is 8.36. The molecule has 0 bridgehead atoms. The second-order valence-corrected chi connectivity index (χ2v) is 3.25. The van der Waals surface area contributed by atoms with E-state index in [1.807, 2.05) is 0 Å². The molecule has 0 spiro atoms. The quantitative estimate of drug-likeness (QED) is 0.201. The zero-order valence-electron chi connectivity index (χ0n) is 7.35. The first-order valence-corrected chi connectivity index (χ1v) is 5.01. The van der Waals surface area contributed by atoms with E-state index in [1.54, 1.807) is 0 Å². The van der Waals surface area contributed by atoms with Crippen LogP contribution in [0.15, 0.2) is 0 Å². The fourth-order valence-corrected chi connectivity index (χ4v) is 0. The standard InChI is InChI=1S/Co.Fe.Li.2Mn.H3O4P.2H2O.2O.H/c;;;;;1-5(2,3)4;;;;;/h;;;;;(H3,1,2,3,4);2*1H2;;;/q;;+1;;+2;;;;;;-1/p-2. The minimum atomic E-state index is -5.12. The topological polar surface area (TPSA) is 152 Å². The molecule has 14 heavy (non-hydrogen) atoms. The number of hydrogen-bond donors (Lipinski definition) is 5. The molecule has 0 atom stereocenters. The maximum absolute atomic E-state index is 8.88. The van der Waals surface area contributed by atoms with Crippen LogP contribution in [0.1, 0.15) is 1.43 Å². The number of rotatable bonds is 0. The molecular weight excluding hydrogens is 391 g/mol. The number of phosphoric acid groups is 1. The third kappa shape index (κ3) is 481. The predicted octanol–water partition coefficient (Wildman–Crippen LogP) is -5.17. The van der Waals surface area contributed by atoms with Crippen molar-refractivity contribution in [3.63, 3.8) is 0 Å². The average Bonchev–Trinajstić information content (AvgIpc) is 1.12. The summed E-state index contributed by atoms with van der Waals surface area (Å²) in [5, 5.41) is 0. The van der Waals surface area contributed by atoms with Gasteiger partial charge in [-0.05, 0) is 0 Å². The Hall–Kier alpha value is 2.29. The summed E-state index contributed by atoms with van der Waals surface area (Å²) in [6, 6.07) is 0. The van der Waals surface area contributed by atoms with Crippen molar-refractivity contribution in [3.8, 4) is 0 Å². The second kappa shape index (κ2) is 15.3. The Bertz CT molecular complexity index is 211. The van der Waals surface area contributed by atoms with E-state index in [0.29, 0.717) is 0 Å². The van der Waals surface area contributed by atoms with Gasteiger partial charge in [0.2, 0.25) is 0 Å². The Balaban J connectivity index is -0.0000000128. The van der Waals surface area contributed by atoms with E-state index < -0.39 is 21.2 Å². The maximum atomic E-state index is 8.88. The summed E-state index contributed by atoms with van der Waals surface area (Å²) in [6.07, 6.45) is 0. The first-order valence-electron chi connectivity index (χ1n) is 1.43. The third-order valence-corrected chi connectivity index (χ3v) is 0. The monoisotopic (exact) mass is 397 g/mol. The molecule has 0 aromatic carbocycles. The van der Waals surface area contributed by atoms with Crippen molar-refractivity contribution in [2.75, 3.05) is 0 Å². The van der Waals surface area contributed by atoms with E-state index in [-0.39, 0.29) is 71.2 Å². The molecule has 0 aromatic rings. The van der Waals surface area contributed by atoms with Gasteiger partial charge in [0.05, 0.1) is 0 Å². The van der Waals surface area contributed by atoms with Gasteiger partial charge >= 0.3 is 56.1 Å². The summed E-state index contributed by atoms with van der Waals surface area (Å²) >= 11 is -5.12. The Kier molecular flexibility index (Phi) is 39.3. The predicted molar refractivity (Wildman–Crippen MR) is 21.2 cm³/mol. The van der Waals surface area contributed by atoms with Crippen LogP contribution in [-0.2, 0) is 76.5 Å². The van der Waals surface area contributed by atoms with Crippen molar-refractivity contribution in [2.45, 2.75) is 0 Å². The van der Waals surface area contributed by atoms with Gasteiger partial charge in [-0.3, -0.25) is 0 Å². The minimum absolute atomic E-state index is 0. The molecule has 0 fully saturated rings. The van der Waals surface area contributed by atoms with Crippen LogP contribution in [0.2, 0.25) is 0 Å². The molecule has 0 heterocycles. The van der Waals surface area contributed by atoms with Crippen LogP contribution in [0.4, 0.5) is 0 Å². The molecule has 0 saturated carbocycles. The van der Waals surface area contributed by atoms with Gasteiger partial charge in [-0.1, -0.05) is 0 Å². The number of hydrogen-bond acceptors (Lipinski definition) is 3. The van der Waals surface area contributed by atoms with Crippen molar-refractivity contribution in [2.24, 2.45) is 0 Å². The molecular formula is H6CoFeLiMn2O8P. The van der Waals surface area contributed by atoms with Crippen molar-refractivity contribution in [1.82, 2.24) is 0 Å². The molecule has 8 nitrogen and oxygen atoms in total. The molecule has 0 saturated heterocycles. The van der Waals surface area contributed by atoms with Crippen LogP contribution >= 0.6 is 7.82 Å². The molecule has 0 amide bonds. The van der Waals surface area contributed by atoms with Crippen molar-refractivity contribution < 1.29 is 120 Å². The second-order valence-electron chi connectivity index (χ2n) is 0.928. The van der Waals surface area contributed by atoms with Gasteiger partial charge in [0, 0.05) is 50.9 Å². The first-order chi connectivity index (χ1) is 4.00. The molecule has 0 unspecified atom stereocenters. The summed E-state index contributed by atoms with van der Waals surface area (Å²) in [6.45, 7) is 0. The fraction of sp³-hybridized carbons (Fsp3) is 0. The molecule has 5 N–H and O–H groups in total. The summed E-state index contributed by atoms with van der Waals surface area (Å²) in [4.78, 5) is 21.6. The van der Waals surface area contributed by atoms with E-state index in [1.165, 1.54) is 0 Å². The molecule has 0 aliphatic rings. The van der Waals surface area contributed by atoms with Gasteiger partial charge in [0.15, 0.2) is 0 Å². The van der Waals surface area contributed by atoms with Crippen molar-refractivity contribution in [1.29, 1.82) is 0 Å². The third-order valence-electron chi connectivity index (χ3n) is 0. The van der Waals surface area contributed by atoms with E-state index in [4.69, 9.17) is 35.3 Å². The first kappa shape index (κ1) is 36.0. The average molecular weight is 397 g/mol. The van der Waals surface area contributed by atoms with Crippen molar-refractivity contribution >= 4 is 7.82 Å². The zero-order chi connectivity index (χ0) is 9.00. The summed E-state index contributed by atoms with van der Waals surface area (Å²) in [5.41, 5.74) is 0. The Morgan fingerprint density at radius 3 is 1.07 bits per heavy atom. The van der Waals surface area contributed by atoms with E-state index in [0.717, 1.165) is 0 Å². The van der Waals surface area contributed by atoms with Crippen LogP contribution in [-0.4, -0.2) is 23.1 Å². The molecule has 0 aliphatic carbocycles. The van der Waals surface area contributed by atoms with Crippen LogP contribution < -0.4 is 18.9 Å². The van der Waals surface area contributed by atoms with Gasteiger partial charge < -0.3 is 16.1 Å². The van der Waals surface area contributed by atoms with Crippen LogP contribution in [0, 0.1) is 0 Å². The van der Waals surface area contributed by atoms with Crippen LogP contribution in [0.25, 0.3) is 0 Å². The fourth-order valence-electron chi connectivity index (χ4n) is 0. The van der Waals surface area contributed by atoms with E-state index >= 15 is 0 Å². The van der Waals surface area contributed by atoms with E-state index in [2.05, 4.69) is 0 Å².